The molecule has 0 aromatic heterocycles. The van der Waals surface area contributed by atoms with Crippen LogP contribution in [0.15, 0.2) is 0 Å². The summed E-state index contributed by atoms with van der Waals surface area (Å²) in [6.45, 7) is 10.5. The van der Waals surface area contributed by atoms with E-state index in [4.69, 9.17) is 14.2 Å². The van der Waals surface area contributed by atoms with Gasteiger partial charge < -0.3 is 24.4 Å². The minimum atomic E-state index is -0.423. The smallest absolute Gasteiger partial charge is 0.410 e. The molecule has 2 aliphatic rings. The average molecular weight is 328 g/mol. The highest BCUT2D eigenvalue weighted by Gasteiger charge is 2.35. The third-order valence-corrected chi connectivity index (χ3v) is 4.65. The molecule has 1 unspecified atom stereocenters. The molecule has 1 amide bonds. The van der Waals surface area contributed by atoms with Crippen molar-refractivity contribution < 1.29 is 19.0 Å². The molecule has 1 atom stereocenters. The number of piperidine rings is 1. The van der Waals surface area contributed by atoms with E-state index in [-0.39, 0.29) is 11.7 Å². The highest BCUT2D eigenvalue weighted by Crippen LogP contribution is 2.23. The van der Waals surface area contributed by atoms with E-state index in [1.165, 1.54) is 0 Å². The fourth-order valence-corrected chi connectivity index (χ4v) is 3.11. The van der Waals surface area contributed by atoms with Crippen molar-refractivity contribution in [1.29, 1.82) is 0 Å². The van der Waals surface area contributed by atoms with E-state index in [9.17, 15) is 4.79 Å². The van der Waals surface area contributed by atoms with Crippen LogP contribution < -0.4 is 5.32 Å². The van der Waals surface area contributed by atoms with Crippen molar-refractivity contribution in [3.05, 3.63) is 0 Å². The van der Waals surface area contributed by atoms with Crippen molar-refractivity contribution in [1.82, 2.24) is 10.2 Å². The van der Waals surface area contributed by atoms with Gasteiger partial charge in [0.25, 0.3) is 0 Å². The van der Waals surface area contributed by atoms with Crippen LogP contribution in [0.1, 0.15) is 40.0 Å². The number of ether oxygens (including phenoxy) is 3. The fraction of sp³-hybridized carbons (Fsp3) is 0.941. The summed E-state index contributed by atoms with van der Waals surface area (Å²) in [5.41, 5.74) is -0.579. The summed E-state index contributed by atoms with van der Waals surface area (Å²) in [6, 6.07) is 0. The molecular weight excluding hydrogens is 296 g/mol. The normalized spacial score (nSPS) is 26.5. The number of hydrogen-bond acceptors (Lipinski definition) is 5. The first-order valence-corrected chi connectivity index (χ1v) is 8.65. The molecule has 2 saturated heterocycles. The number of methoxy groups -OCH3 is 1. The lowest BCUT2D eigenvalue weighted by molar-refractivity contribution is -0.0167. The Morgan fingerprint density at radius 1 is 1.35 bits per heavy atom. The lowest BCUT2D eigenvalue weighted by atomic mass is 9.96. The maximum Gasteiger partial charge on any atom is 0.410 e. The van der Waals surface area contributed by atoms with Gasteiger partial charge in [0.05, 0.1) is 6.61 Å². The van der Waals surface area contributed by atoms with E-state index in [1.807, 2.05) is 25.7 Å². The van der Waals surface area contributed by atoms with Gasteiger partial charge in [0.1, 0.15) is 11.2 Å². The molecule has 2 rings (SSSR count). The summed E-state index contributed by atoms with van der Waals surface area (Å²) >= 11 is 0. The van der Waals surface area contributed by atoms with Gasteiger partial charge in [0, 0.05) is 39.8 Å². The molecule has 0 bridgehead atoms. The zero-order valence-electron chi connectivity index (χ0n) is 15.0. The van der Waals surface area contributed by atoms with Gasteiger partial charge in [0.15, 0.2) is 0 Å². The lowest BCUT2D eigenvalue weighted by Gasteiger charge is -2.34. The Balaban J connectivity index is 1.66. The van der Waals surface area contributed by atoms with Gasteiger partial charge in [-0.2, -0.15) is 0 Å². The van der Waals surface area contributed by atoms with Gasteiger partial charge in [-0.05, 0) is 46.1 Å². The van der Waals surface area contributed by atoms with Gasteiger partial charge >= 0.3 is 6.09 Å². The average Bonchev–Trinajstić information content (AvgIpc) is 2.95. The number of likely N-dealkylation sites (tertiary alicyclic amines) is 1. The summed E-state index contributed by atoms with van der Waals surface area (Å²) in [7, 11) is 1.76. The lowest BCUT2D eigenvalue weighted by Crippen LogP contribution is -2.46. The minimum Gasteiger partial charge on any atom is -0.444 e. The van der Waals surface area contributed by atoms with Crippen LogP contribution in [0.3, 0.4) is 0 Å². The number of rotatable bonds is 5. The summed E-state index contributed by atoms with van der Waals surface area (Å²) in [5, 5.41) is 3.53. The van der Waals surface area contributed by atoms with E-state index in [0.717, 1.165) is 52.0 Å². The van der Waals surface area contributed by atoms with E-state index in [2.05, 4.69) is 5.32 Å². The van der Waals surface area contributed by atoms with Crippen LogP contribution in [0.4, 0.5) is 4.79 Å². The van der Waals surface area contributed by atoms with Gasteiger partial charge in [-0.3, -0.25) is 0 Å². The number of amides is 1. The zero-order valence-corrected chi connectivity index (χ0v) is 15.0. The van der Waals surface area contributed by atoms with E-state index in [1.54, 1.807) is 7.11 Å². The molecule has 0 aromatic rings. The van der Waals surface area contributed by atoms with Crippen LogP contribution in [-0.2, 0) is 14.2 Å². The highest BCUT2D eigenvalue weighted by molar-refractivity contribution is 5.68. The molecule has 6 heteroatoms. The van der Waals surface area contributed by atoms with Gasteiger partial charge in [0.2, 0.25) is 0 Å². The third kappa shape index (κ3) is 5.62. The molecule has 2 fully saturated rings. The van der Waals surface area contributed by atoms with Crippen molar-refractivity contribution in [3.8, 4) is 0 Å². The molecule has 0 radical (unpaired) electrons. The zero-order chi connectivity index (χ0) is 16.9. The number of carbonyl (C=O) groups excluding carboxylic acids is 1. The number of hydrogen-bond donors (Lipinski definition) is 1. The van der Waals surface area contributed by atoms with Crippen molar-refractivity contribution in [2.75, 3.05) is 46.5 Å². The number of nitrogens with one attached hydrogen (secondary N) is 1. The first-order valence-electron chi connectivity index (χ1n) is 8.65. The summed E-state index contributed by atoms with van der Waals surface area (Å²) in [5.74, 6) is 0.602. The highest BCUT2D eigenvalue weighted by atomic mass is 16.6. The predicted molar refractivity (Wildman–Crippen MR) is 88.6 cm³/mol. The molecule has 0 saturated carbocycles. The summed E-state index contributed by atoms with van der Waals surface area (Å²) in [6.07, 6.45) is 2.80. The quantitative estimate of drug-likeness (QED) is 0.837. The van der Waals surface area contributed by atoms with Crippen LogP contribution in [0, 0.1) is 5.92 Å². The Bertz CT molecular complexity index is 381. The summed E-state index contributed by atoms with van der Waals surface area (Å²) < 4.78 is 16.5. The monoisotopic (exact) mass is 328 g/mol. The maximum atomic E-state index is 12.0. The molecule has 2 aliphatic heterocycles. The Kier molecular flexibility index (Phi) is 6.28. The molecule has 2 heterocycles. The van der Waals surface area contributed by atoms with Crippen LogP contribution in [0.25, 0.3) is 0 Å². The molecule has 0 aromatic carbocycles. The van der Waals surface area contributed by atoms with Crippen molar-refractivity contribution in [2.24, 2.45) is 5.92 Å². The van der Waals surface area contributed by atoms with Crippen LogP contribution in [0.5, 0.6) is 0 Å². The Morgan fingerprint density at radius 3 is 2.57 bits per heavy atom. The number of nitrogens with zero attached hydrogens (tertiary/aromatic N) is 1. The minimum absolute atomic E-state index is 0.156. The van der Waals surface area contributed by atoms with Gasteiger partial charge in [-0.15, -0.1) is 0 Å². The third-order valence-electron chi connectivity index (χ3n) is 4.65. The molecule has 1 N–H and O–H groups in total. The van der Waals surface area contributed by atoms with Crippen LogP contribution >= 0.6 is 0 Å². The standard InChI is InChI=1S/C17H32N2O4/c1-16(2,3)23-15(20)19-8-5-14(6-9-19)11-18-12-17(21-4)7-10-22-13-17/h14,18H,5-13H2,1-4H3. The predicted octanol–water partition coefficient (Wildman–Crippen LogP) is 2.03. The van der Waals surface area contributed by atoms with Crippen LogP contribution in [0.2, 0.25) is 0 Å². The molecule has 6 nitrogen and oxygen atoms in total. The molecule has 0 spiro atoms. The second-order valence-corrected chi connectivity index (χ2v) is 7.73. The number of carbonyl (C=O) groups is 1. The van der Waals surface area contributed by atoms with Crippen LogP contribution in [-0.4, -0.2) is 68.7 Å². The van der Waals surface area contributed by atoms with Crippen molar-refractivity contribution in [2.45, 2.75) is 51.2 Å². The van der Waals surface area contributed by atoms with Crippen molar-refractivity contribution >= 4 is 6.09 Å². The molecule has 0 aliphatic carbocycles. The second-order valence-electron chi connectivity index (χ2n) is 7.73. The Morgan fingerprint density at radius 2 is 2.04 bits per heavy atom. The van der Waals surface area contributed by atoms with Gasteiger partial charge in [-0.25, -0.2) is 4.79 Å². The largest absolute Gasteiger partial charge is 0.444 e. The first kappa shape index (κ1) is 18.5. The van der Waals surface area contributed by atoms with E-state index < -0.39 is 5.60 Å². The summed E-state index contributed by atoms with van der Waals surface area (Å²) in [4.78, 5) is 13.9. The van der Waals surface area contributed by atoms with Crippen molar-refractivity contribution in [3.63, 3.8) is 0 Å². The second kappa shape index (κ2) is 7.81. The first-order chi connectivity index (χ1) is 10.8. The SMILES string of the molecule is COC1(CNCC2CCN(C(=O)OC(C)(C)C)CC2)CCOC1. The molecule has 134 valence electrons. The fourth-order valence-electron chi connectivity index (χ4n) is 3.11. The van der Waals surface area contributed by atoms with E-state index >= 15 is 0 Å². The van der Waals surface area contributed by atoms with Gasteiger partial charge in [-0.1, -0.05) is 0 Å². The van der Waals surface area contributed by atoms with E-state index in [0.29, 0.717) is 12.5 Å². The maximum absolute atomic E-state index is 12.0. The Hall–Kier alpha value is -0.850. The molecular formula is C17H32N2O4. The topological polar surface area (TPSA) is 60.0 Å². The molecule has 23 heavy (non-hydrogen) atoms. The Labute approximate surface area is 139 Å².